The van der Waals surface area contributed by atoms with Crippen LogP contribution in [0, 0.1) is 0 Å². The van der Waals surface area contributed by atoms with Gasteiger partial charge >= 0.3 is 12.4 Å². The third kappa shape index (κ3) is 5.11. The Bertz CT molecular complexity index is 739. The highest BCUT2D eigenvalue weighted by Gasteiger charge is 2.37. The van der Waals surface area contributed by atoms with Gasteiger partial charge in [0.2, 0.25) is 6.29 Å². The number of hydrogen-bond acceptors (Lipinski definition) is 4. The predicted molar refractivity (Wildman–Crippen MR) is 87.0 cm³/mol. The molecule has 0 unspecified atom stereocenters. The Morgan fingerprint density at radius 2 is 1.15 bits per heavy atom. The summed E-state index contributed by atoms with van der Waals surface area (Å²) in [4.78, 5) is 0. The van der Waals surface area contributed by atoms with E-state index in [1.165, 1.54) is 19.1 Å². The van der Waals surface area contributed by atoms with Gasteiger partial charge in [0.15, 0.2) is 0 Å². The molecule has 2 aromatic carbocycles. The lowest BCUT2D eigenvalue weighted by Gasteiger charge is -2.23. The average Bonchev–Trinajstić information content (AvgIpc) is 2.55. The lowest BCUT2D eigenvalue weighted by Crippen LogP contribution is -2.25. The number of hydrogen-bond donors (Lipinski definition) is 2. The zero-order chi connectivity index (χ0) is 20.4. The average molecular weight is 394 g/mol. The van der Waals surface area contributed by atoms with Crippen molar-refractivity contribution in [1.82, 2.24) is 0 Å². The number of ether oxygens (including phenoxy) is 2. The molecule has 0 heterocycles. The first-order valence-corrected chi connectivity index (χ1v) is 7.68. The molecule has 4 N–H and O–H groups in total. The van der Waals surface area contributed by atoms with Crippen molar-refractivity contribution in [3.8, 4) is 11.5 Å². The van der Waals surface area contributed by atoms with Crippen molar-refractivity contribution in [3.63, 3.8) is 0 Å². The molecule has 0 fully saturated rings. The molecule has 0 saturated heterocycles. The second-order valence-electron chi connectivity index (χ2n) is 5.58. The Morgan fingerprint density at radius 3 is 1.44 bits per heavy atom. The monoisotopic (exact) mass is 394 g/mol. The number of halogens is 6. The Morgan fingerprint density at radius 1 is 0.778 bits per heavy atom. The topological polar surface area (TPSA) is 70.5 Å². The largest absolute Gasteiger partial charge is 0.454 e. The smallest absolute Gasteiger partial charge is 0.420 e. The van der Waals surface area contributed by atoms with E-state index in [0.29, 0.717) is 12.1 Å². The molecule has 0 aliphatic carbocycles. The standard InChI is InChI=1S/C17H16F6N2O2/c1-2-15(26-13-5-3-9(24)7-11(13)16(18,19)20)27-14-6-4-10(25)8-12(14)17(21,22)23/h3-8,15H,2,24-25H2,1H3. The van der Waals surface area contributed by atoms with Gasteiger partial charge in [-0.05, 0) is 36.4 Å². The lowest BCUT2D eigenvalue weighted by molar-refractivity contribution is -0.141. The molecule has 0 aromatic heterocycles. The van der Waals surface area contributed by atoms with Gasteiger partial charge in [0.25, 0.3) is 0 Å². The molecule has 2 aromatic rings. The van der Waals surface area contributed by atoms with Gasteiger partial charge in [-0.25, -0.2) is 0 Å². The van der Waals surface area contributed by atoms with E-state index in [-0.39, 0.29) is 17.8 Å². The summed E-state index contributed by atoms with van der Waals surface area (Å²) >= 11 is 0. The van der Waals surface area contributed by atoms with Crippen LogP contribution >= 0.6 is 0 Å². The number of benzene rings is 2. The Hall–Kier alpha value is -2.78. The molecule has 4 nitrogen and oxygen atoms in total. The van der Waals surface area contributed by atoms with Gasteiger partial charge in [0.1, 0.15) is 11.5 Å². The minimum Gasteiger partial charge on any atom is -0.454 e. The summed E-state index contributed by atoms with van der Waals surface area (Å²) < 4.78 is 89.2. The van der Waals surface area contributed by atoms with Crippen molar-refractivity contribution in [2.24, 2.45) is 0 Å². The van der Waals surface area contributed by atoms with Crippen LogP contribution in [-0.4, -0.2) is 6.29 Å². The highest BCUT2D eigenvalue weighted by atomic mass is 19.4. The van der Waals surface area contributed by atoms with Crippen LogP contribution in [0.4, 0.5) is 37.7 Å². The van der Waals surface area contributed by atoms with Gasteiger partial charge in [-0.2, -0.15) is 26.3 Å². The normalized spacial score (nSPS) is 12.3. The molecule has 0 saturated carbocycles. The molecular weight excluding hydrogens is 378 g/mol. The maximum atomic E-state index is 13.1. The van der Waals surface area contributed by atoms with Gasteiger partial charge in [0, 0.05) is 17.8 Å². The third-order valence-electron chi connectivity index (χ3n) is 3.47. The fourth-order valence-electron chi connectivity index (χ4n) is 2.22. The summed E-state index contributed by atoms with van der Waals surface area (Å²) in [6.07, 6.45) is -11.0. The van der Waals surface area contributed by atoms with Crippen LogP contribution in [0.1, 0.15) is 24.5 Å². The molecule has 0 aliphatic heterocycles. The van der Waals surface area contributed by atoms with Crippen molar-refractivity contribution in [2.45, 2.75) is 32.0 Å². The van der Waals surface area contributed by atoms with E-state index in [1.54, 1.807) is 0 Å². The first kappa shape index (κ1) is 20.5. The van der Waals surface area contributed by atoms with Crippen molar-refractivity contribution < 1.29 is 35.8 Å². The minimum absolute atomic E-state index is 0.0245. The number of nitrogen functional groups attached to an aromatic ring is 2. The first-order valence-electron chi connectivity index (χ1n) is 7.68. The second-order valence-corrected chi connectivity index (χ2v) is 5.58. The summed E-state index contributed by atoms with van der Waals surface area (Å²) in [5, 5.41) is 0. The molecule has 0 radical (unpaired) electrons. The van der Waals surface area contributed by atoms with E-state index < -0.39 is 41.3 Å². The molecule has 2 rings (SSSR count). The van der Waals surface area contributed by atoms with Gasteiger partial charge in [0.05, 0.1) is 11.1 Å². The molecule has 148 valence electrons. The first-order chi connectivity index (χ1) is 12.4. The summed E-state index contributed by atoms with van der Waals surface area (Å²) in [6.45, 7) is 1.49. The predicted octanol–water partition coefficient (Wildman–Crippen LogP) is 5.08. The quantitative estimate of drug-likeness (QED) is 0.421. The number of anilines is 2. The van der Waals surface area contributed by atoms with Crippen LogP contribution in [0.3, 0.4) is 0 Å². The summed E-state index contributed by atoms with van der Waals surface area (Å²) in [5.74, 6) is -1.21. The maximum Gasteiger partial charge on any atom is 0.420 e. The van der Waals surface area contributed by atoms with E-state index in [4.69, 9.17) is 20.9 Å². The zero-order valence-electron chi connectivity index (χ0n) is 14.0. The van der Waals surface area contributed by atoms with E-state index >= 15 is 0 Å². The summed E-state index contributed by atoms with van der Waals surface area (Å²) in [7, 11) is 0. The lowest BCUT2D eigenvalue weighted by atomic mass is 10.1. The molecule has 0 atom stereocenters. The number of alkyl halides is 6. The van der Waals surface area contributed by atoms with E-state index in [0.717, 1.165) is 12.1 Å². The zero-order valence-corrected chi connectivity index (χ0v) is 14.0. The van der Waals surface area contributed by atoms with E-state index in [9.17, 15) is 26.3 Å². The van der Waals surface area contributed by atoms with Crippen LogP contribution < -0.4 is 20.9 Å². The highest BCUT2D eigenvalue weighted by molar-refractivity contribution is 5.50. The van der Waals surface area contributed by atoms with Crippen molar-refractivity contribution in [1.29, 1.82) is 0 Å². The third-order valence-corrected chi connectivity index (χ3v) is 3.47. The molecule has 27 heavy (non-hydrogen) atoms. The number of rotatable bonds is 5. The van der Waals surface area contributed by atoms with Crippen LogP contribution in [0.25, 0.3) is 0 Å². The van der Waals surface area contributed by atoms with Gasteiger partial charge in [-0.15, -0.1) is 0 Å². The summed E-state index contributed by atoms with van der Waals surface area (Å²) in [5.41, 5.74) is 8.15. The Balaban J connectivity index is 2.34. The van der Waals surface area contributed by atoms with E-state index in [2.05, 4.69) is 0 Å². The molecule has 10 heteroatoms. The van der Waals surface area contributed by atoms with E-state index in [1.807, 2.05) is 0 Å². The minimum atomic E-state index is -4.76. The SMILES string of the molecule is CCC(Oc1ccc(N)cc1C(F)(F)F)Oc1ccc(N)cc1C(F)(F)F. The van der Waals surface area contributed by atoms with Gasteiger partial charge in [-0.1, -0.05) is 6.92 Å². The van der Waals surface area contributed by atoms with Crippen molar-refractivity contribution >= 4 is 11.4 Å². The molecule has 0 bridgehead atoms. The summed E-state index contributed by atoms with van der Waals surface area (Å²) in [6, 6.07) is 5.68. The van der Waals surface area contributed by atoms with Gasteiger partial charge in [-0.3, -0.25) is 0 Å². The van der Waals surface area contributed by atoms with Crippen molar-refractivity contribution in [2.75, 3.05) is 11.5 Å². The molecular formula is C17H16F6N2O2. The fourth-order valence-corrected chi connectivity index (χ4v) is 2.22. The van der Waals surface area contributed by atoms with Crippen LogP contribution in [0.15, 0.2) is 36.4 Å². The Kier molecular flexibility index (Phi) is 5.67. The fraction of sp³-hybridized carbons (Fsp3) is 0.294. The van der Waals surface area contributed by atoms with Gasteiger partial charge < -0.3 is 20.9 Å². The molecule has 0 aliphatic rings. The van der Waals surface area contributed by atoms with Crippen LogP contribution in [0.2, 0.25) is 0 Å². The van der Waals surface area contributed by atoms with Crippen LogP contribution in [0.5, 0.6) is 11.5 Å². The maximum absolute atomic E-state index is 13.1. The Labute approximate surface area is 150 Å². The number of nitrogens with two attached hydrogens (primary N) is 2. The molecule has 0 spiro atoms. The highest BCUT2D eigenvalue weighted by Crippen LogP contribution is 2.40. The molecule has 0 amide bonds. The van der Waals surface area contributed by atoms with Crippen molar-refractivity contribution in [3.05, 3.63) is 47.5 Å². The second kappa shape index (κ2) is 7.45. The van der Waals surface area contributed by atoms with Crippen LogP contribution in [-0.2, 0) is 12.4 Å².